The highest BCUT2D eigenvalue weighted by atomic mass is 19.4. The van der Waals surface area contributed by atoms with Gasteiger partial charge in [-0.2, -0.15) is 13.2 Å². The zero-order valence-corrected chi connectivity index (χ0v) is 8.49. The molecule has 0 saturated heterocycles. The summed E-state index contributed by atoms with van der Waals surface area (Å²) >= 11 is 0. The first-order valence-electron chi connectivity index (χ1n) is 5.09. The van der Waals surface area contributed by atoms with Crippen molar-refractivity contribution in [2.24, 2.45) is 4.99 Å². The molecule has 2 aliphatic rings. The van der Waals surface area contributed by atoms with Gasteiger partial charge < -0.3 is 5.32 Å². The topological polar surface area (TPSA) is 24.4 Å². The molecule has 0 radical (unpaired) electrons. The minimum absolute atomic E-state index is 0.250. The predicted octanol–water partition coefficient (Wildman–Crippen LogP) is 2.77. The summed E-state index contributed by atoms with van der Waals surface area (Å²) in [5.74, 6) is 0.519. The summed E-state index contributed by atoms with van der Waals surface area (Å²) in [4.78, 5) is 4.15. The Hall–Kier alpha value is -1.00. The first-order valence-corrected chi connectivity index (χ1v) is 5.09. The lowest BCUT2D eigenvalue weighted by Crippen LogP contribution is -2.32. The molecule has 0 atom stereocenters. The molecule has 0 aromatic carbocycles. The van der Waals surface area contributed by atoms with Gasteiger partial charge in [-0.15, -0.1) is 0 Å². The van der Waals surface area contributed by atoms with Gasteiger partial charge >= 0.3 is 6.18 Å². The van der Waals surface area contributed by atoms with Gasteiger partial charge in [-0.3, -0.25) is 4.99 Å². The van der Waals surface area contributed by atoms with E-state index in [1.54, 1.807) is 0 Å². The average Bonchev–Trinajstić information content (AvgIpc) is 2.55. The molecule has 1 aliphatic heterocycles. The molecule has 1 heterocycles. The third-order valence-electron chi connectivity index (χ3n) is 2.99. The lowest BCUT2D eigenvalue weighted by molar-refractivity contribution is -0.0949. The largest absolute Gasteiger partial charge is 0.430 e. The highest BCUT2D eigenvalue weighted by Gasteiger charge is 2.51. The lowest BCUT2D eigenvalue weighted by Gasteiger charge is -2.13. The second kappa shape index (κ2) is 3.25. The van der Waals surface area contributed by atoms with Crippen LogP contribution in [0.1, 0.15) is 32.6 Å². The van der Waals surface area contributed by atoms with Crippen LogP contribution >= 0.6 is 0 Å². The predicted molar refractivity (Wildman–Crippen MR) is 51.6 cm³/mol. The summed E-state index contributed by atoms with van der Waals surface area (Å²) in [7, 11) is 0. The molecule has 2 rings (SSSR count). The average molecular weight is 218 g/mol. The van der Waals surface area contributed by atoms with E-state index in [4.69, 9.17) is 0 Å². The summed E-state index contributed by atoms with van der Waals surface area (Å²) in [5.41, 5.74) is -0.954. The van der Waals surface area contributed by atoms with Gasteiger partial charge in [0.15, 0.2) is 0 Å². The van der Waals surface area contributed by atoms with E-state index in [-0.39, 0.29) is 5.54 Å². The van der Waals surface area contributed by atoms with Gasteiger partial charge in [0.2, 0.25) is 0 Å². The third-order valence-corrected chi connectivity index (χ3v) is 2.99. The van der Waals surface area contributed by atoms with E-state index in [1.165, 1.54) is 6.92 Å². The summed E-state index contributed by atoms with van der Waals surface area (Å²) in [6, 6.07) is 0. The van der Waals surface area contributed by atoms with Gasteiger partial charge in [0.25, 0.3) is 0 Å². The van der Waals surface area contributed by atoms with Gasteiger partial charge in [-0.25, -0.2) is 0 Å². The van der Waals surface area contributed by atoms with Crippen molar-refractivity contribution in [2.75, 3.05) is 0 Å². The van der Waals surface area contributed by atoms with E-state index >= 15 is 0 Å². The number of alkyl halides is 3. The monoisotopic (exact) mass is 218 g/mol. The maximum atomic E-state index is 12.4. The first kappa shape index (κ1) is 10.5. The molecule has 0 aromatic rings. The Morgan fingerprint density at radius 1 is 1.40 bits per heavy atom. The molecule has 1 saturated carbocycles. The fraction of sp³-hybridized carbons (Fsp3) is 0.700. The second-order valence-corrected chi connectivity index (χ2v) is 4.02. The van der Waals surface area contributed by atoms with Crippen LogP contribution in [0.2, 0.25) is 0 Å². The van der Waals surface area contributed by atoms with E-state index < -0.39 is 11.9 Å². The number of hydrogen-bond acceptors (Lipinski definition) is 2. The van der Waals surface area contributed by atoms with Crippen LogP contribution in [0.3, 0.4) is 0 Å². The number of hydrogen-bond donors (Lipinski definition) is 1. The van der Waals surface area contributed by atoms with Crippen LogP contribution in [-0.2, 0) is 0 Å². The molecule has 15 heavy (non-hydrogen) atoms. The van der Waals surface area contributed by atoms with E-state index in [0.29, 0.717) is 5.84 Å². The molecule has 1 fully saturated rings. The molecule has 1 N–H and O–H groups in total. The molecule has 1 spiro atoms. The van der Waals surface area contributed by atoms with Crippen molar-refractivity contribution in [3.63, 3.8) is 0 Å². The van der Waals surface area contributed by atoms with Gasteiger partial charge in [-0.05, 0) is 19.8 Å². The van der Waals surface area contributed by atoms with Gasteiger partial charge in [-0.1, -0.05) is 18.9 Å². The second-order valence-electron chi connectivity index (χ2n) is 4.02. The summed E-state index contributed by atoms with van der Waals surface area (Å²) in [6.07, 6.45) is 0.648. The number of nitrogens with one attached hydrogen (secondary N) is 1. The standard InChI is InChI=1S/C10H13F3N2/c1-2-7(10(11,12)13)14-8-9(15-8)5-3-4-6-9/h2H,3-6H2,1H3,(H,14,15)/b7-2-. The van der Waals surface area contributed by atoms with Crippen LogP contribution in [0.5, 0.6) is 0 Å². The van der Waals surface area contributed by atoms with Crippen molar-refractivity contribution >= 4 is 5.84 Å². The van der Waals surface area contributed by atoms with Crippen LogP contribution in [0, 0.1) is 0 Å². The quantitative estimate of drug-likeness (QED) is 0.719. The van der Waals surface area contributed by atoms with Gasteiger partial charge in [0.1, 0.15) is 17.1 Å². The third kappa shape index (κ3) is 1.87. The molecule has 0 bridgehead atoms. The molecule has 0 amide bonds. The molecule has 84 valence electrons. The Morgan fingerprint density at radius 2 is 2.00 bits per heavy atom. The number of halogens is 3. The molecule has 0 aromatic heterocycles. The molecule has 5 heteroatoms. The van der Waals surface area contributed by atoms with Crippen LogP contribution in [0.4, 0.5) is 13.2 Å². The maximum Gasteiger partial charge on any atom is 0.430 e. The number of allylic oxidation sites excluding steroid dienone is 2. The Kier molecular flexibility index (Phi) is 2.28. The Balaban J connectivity index is 1.96. The van der Waals surface area contributed by atoms with Crippen molar-refractivity contribution in [1.29, 1.82) is 0 Å². The normalized spacial score (nSPS) is 24.3. The number of rotatable bonds is 1. The minimum atomic E-state index is -4.31. The summed E-state index contributed by atoms with van der Waals surface area (Å²) < 4.78 is 37.2. The number of aliphatic imine (C=N–C) groups is 1. The van der Waals surface area contributed by atoms with Gasteiger partial charge in [0, 0.05) is 0 Å². The Bertz CT molecular complexity index is 322. The highest BCUT2D eigenvalue weighted by molar-refractivity contribution is 6.04. The maximum absolute atomic E-state index is 12.4. The van der Waals surface area contributed by atoms with Crippen LogP contribution in [0.25, 0.3) is 0 Å². The Labute approximate surface area is 86.3 Å². The highest BCUT2D eigenvalue weighted by Crippen LogP contribution is 2.43. The van der Waals surface area contributed by atoms with Crippen molar-refractivity contribution < 1.29 is 13.2 Å². The smallest absolute Gasteiger partial charge is 0.338 e. The van der Waals surface area contributed by atoms with Crippen LogP contribution < -0.4 is 5.32 Å². The SMILES string of the molecule is C/C=C(\NC1=NC12CCCC2)C(F)(F)F. The zero-order chi connectivity index (χ0) is 11.1. The fourth-order valence-corrected chi connectivity index (χ4v) is 2.07. The van der Waals surface area contributed by atoms with Crippen LogP contribution in [0.15, 0.2) is 16.8 Å². The lowest BCUT2D eigenvalue weighted by atomic mass is 10.1. The summed E-state index contributed by atoms with van der Waals surface area (Å²) in [5, 5.41) is 2.40. The molecule has 2 nitrogen and oxygen atoms in total. The van der Waals surface area contributed by atoms with E-state index in [1.807, 2.05) is 0 Å². The molecular weight excluding hydrogens is 205 g/mol. The number of amidine groups is 1. The van der Waals surface area contributed by atoms with Gasteiger partial charge in [0.05, 0.1) is 0 Å². The van der Waals surface area contributed by atoms with Crippen LogP contribution in [-0.4, -0.2) is 17.6 Å². The molecule has 1 aliphatic carbocycles. The number of nitrogens with zero attached hydrogens (tertiary/aromatic N) is 1. The van der Waals surface area contributed by atoms with E-state index in [2.05, 4.69) is 10.3 Å². The zero-order valence-electron chi connectivity index (χ0n) is 8.49. The first-order chi connectivity index (χ1) is 6.98. The minimum Gasteiger partial charge on any atom is -0.338 e. The summed E-state index contributed by atoms with van der Waals surface area (Å²) in [6.45, 7) is 1.38. The van der Waals surface area contributed by atoms with Crippen molar-refractivity contribution in [1.82, 2.24) is 5.32 Å². The Morgan fingerprint density at radius 3 is 2.47 bits per heavy atom. The van der Waals surface area contributed by atoms with Crippen molar-refractivity contribution in [3.05, 3.63) is 11.8 Å². The fourth-order valence-electron chi connectivity index (χ4n) is 2.07. The van der Waals surface area contributed by atoms with Crippen molar-refractivity contribution in [2.45, 2.75) is 44.3 Å². The molecule has 0 unspecified atom stereocenters. The van der Waals surface area contributed by atoms with Crippen molar-refractivity contribution in [3.8, 4) is 0 Å². The van der Waals surface area contributed by atoms with E-state index in [0.717, 1.165) is 31.8 Å². The molecular formula is C10H13F3N2. The van der Waals surface area contributed by atoms with E-state index in [9.17, 15) is 13.2 Å².